The molecule has 0 atom stereocenters. The van der Waals surface area contributed by atoms with Crippen LogP contribution in [0.25, 0.3) is 11.2 Å². The van der Waals surface area contributed by atoms with E-state index in [1.807, 2.05) is 0 Å². The Balaban J connectivity index is 1.97. The van der Waals surface area contributed by atoms with Crippen LogP contribution in [0.4, 0.5) is 0 Å². The number of sulfone groups is 1. The molecule has 10 heteroatoms. The largest absolute Gasteiger partial charge is 0.332 e. The maximum absolute atomic E-state index is 12.7. The number of imidazole rings is 1. The number of aryl methyl sites for hydroxylation is 1. The first-order chi connectivity index (χ1) is 12.8. The Kier molecular flexibility index (Phi) is 4.02. The topological polar surface area (TPSA) is 109 Å². The third-order valence-corrected chi connectivity index (χ3v) is 6.62. The molecule has 0 N–H and O–H groups in total. The summed E-state index contributed by atoms with van der Waals surface area (Å²) in [6.45, 7) is 0.0867. The lowest BCUT2D eigenvalue weighted by Crippen LogP contribution is -2.39. The third kappa shape index (κ3) is 2.99. The normalized spacial score (nSPS) is 14.7. The molecule has 0 spiro atoms. The average Bonchev–Trinajstić information content (AvgIpc) is 3.36. The van der Waals surface area contributed by atoms with Gasteiger partial charge < -0.3 is 4.57 Å². The minimum Gasteiger partial charge on any atom is -0.312 e. The van der Waals surface area contributed by atoms with Gasteiger partial charge in [-0.1, -0.05) is 6.07 Å². The van der Waals surface area contributed by atoms with E-state index in [0.29, 0.717) is 5.69 Å². The van der Waals surface area contributed by atoms with E-state index in [1.54, 1.807) is 24.4 Å². The molecule has 0 aliphatic heterocycles. The summed E-state index contributed by atoms with van der Waals surface area (Å²) in [7, 11) is -0.791. The van der Waals surface area contributed by atoms with Crippen molar-refractivity contribution >= 4 is 21.0 Å². The van der Waals surface area contributed by atoms with E-state index in [1.165, 1.54) is 23.2 Å². The second-order valence-electron chi connectivity index (χ2n) is 6.90. The summed E-state index contributed by atoms with van der Waals surface area (Å²) in [5, 5.41) is -0.179. The zero-order chi connectivity index (χ0) is 19.3. The van der Waals surface area contributed by atoms with E-state index >= 15 is 0 Å². The van der Waals surface area contributed by atoms with Crippen LogP contribution in [0.5, 0.6) is 0 Å². The fraction of sp³-hybridized carbons (Fsp3) is 0.412. The van der Waals surface area contributed by atoms with E-state index < -0.39 is 21.1 Å². The Morgan fingerprint density at radius 3 is 2.52 bits per heavy atom. The summed E-state index contributed by atoms with van der Waals surface area (Å²) >= 11 is 0. The second-order valence-corrected chi connectivity index (χ2v) is 8.83. The molecule has 1 saturated carbocycles. The number of rotatable bonds is 5. The first-order valence-corrected chi connectivity index (χ1v) is 10.2. The van der Waals surface area contributed by atoms with Crippen molar-refractivity contribution in [2.45, 2.75) is 24.5 Å². The first kappa shape index (κ1) is 17.7. The zero-order valence-corrected chi connectivity index (χ0v) is 15.8. The minimum atomic E-state index is -3.65. The highest BCUT2D eigenvalue weighted by molar-refractivity contribution is 7.91. The number of hydrogen-bond acceptors (Lipinski definition) is 6. The van der Waals surface area contributed by atoms with Gasteiger partial charge in [0.2, 0.25) is 15.0 Å². The molecule has 3 aromatic rings. The van der Waals surface area contributed by atoms with Crippen molar-refractivity contribution in [3.63, 3.8) is 0 Å². The van der Waals surface area contributed by atoms with Gasteiger partial charge in [-0.15, -0.1) is 0 Å². The molecule has 142 valence electrons. The maximum atomic E-state index is 12.7. The molecule has 1 fully saturated rings. The van der Waals surface area contributed by atoms with Crippen molar-refractivity contribution in [2.24, 2.45) is 20.0 Å². The molecule has 3 aromatic heterocycles. The number of pyridine rings is 1. The molecular formula is C17H19N5O4S. The van der Waals surface area contributed by atoms with Gasteiger partial charge in [-0.05, 0) is 30.9 Å². The fourth-order valence-electron chi connectivity index (χ4n) is 3.15. The lowest BCUT2D eigenvalue weighted by Gasteiger charge is -2.08. The van der Waals surface area contributed by atoms with E-state index in [2.05, 4.69) is 9.97 Å². The van der Waals surface area contributed by atoms with E-state index in [9.17, 15) is 18.0 Å². The molecule has 0 aromatic carbocycles. The van der Waals surface area contributed by atoms with Crippen molar-refractivity contribution in [2.75, 3.05) is 5.75 Å². The molecule has 0 unspecified atom stereocenters. The van der Waals surface area contributed by atoms with E-state index in [4.69, 9.17) is 0 Å². The Labute approximate surface area is 154 Å². The molecule has 0 radical (unpaired) electrons. The molecule has 1 aliphatic rings. The van der Waals surface area contributed by atoms with Gasteiger partial charge in [-0.25, -0.2) is 13.2 Å². The van der Waals surface area contributed by atoms with Crippen molar-refractivity contribution in [3.8, 4) is 0 Å². The van der Waals surface area contributed by atoms with Crippen LogP contribution in [0.1, 0.15) is 18.5 Å². The first-order valence-electron chi connectivity index (χ1n) is 8.58. The van der Waals surface area contributed by atoms with Gasteiger partial charge in [0.15, 0.2) is 11.2 Å². The monoisotopic (exact) mass is 389 g/mol. The van der Waals surface area contributed by atoms with Crippen LogP contribution in [0.15, 0.2) is 39.1 Å². The summed E-state index contributed by atoms with van der Waals surface area (Å²) in [4.78, 5) is 33.7. The SMILES string of the molecule is Cn1c(=O)c2c(nc(S(=O)(=O)CC3CC3)n2C)n(Cc2ccccn2)c1=O. The van der Waals surface area contributed by atoms with Gasteiger partial charge in [0.1, 0.15) is 0 Å². The van der Waals surface area contributed by atoms with Gasteiger partial charge >= 0.3 is 5.69 Å². The quantitative estimate of drug-likeness (QED) is 0.610. The summed E-state index contributed by atoms with van der Waals surface area (Å²) in [6, 6.07) is 5.29. The van der Waals surface area contributed by atoms with Gasteiger partial charge in [-0.3, -0.25) is 18.9 Å². The highest BCUT2D eigenvalue weighted by atomic mass is 32.2. The lowest BCUT2D eigenvalue weighted by molar-refractivity contribution is 0.576. The highest BCUT2D eigenvalue weighted by Crippen LogP contribution is 2.32. The van der Waals surface area contributed by atoms with Crippen molar-refractivity contribution < 1.29 is 8.42 Å². The summed E-state index contributed by atoms with van der Waals surface area (Å²) in [6.07, 6.45) is 3.37. The van der Waals surface area contributed by atoms with Crippen LogP contribution in [0, 0.1) is 5.92 Å². The molecule has 1 aliphatic carbocycles. The van der Waals surface area contributed by atoms with Crippen LogP contribution in [0.2, 0.25) is 0 Å². The van der Waals surface area contributed by atoms with Gasteiger partial charge in [0.25, 0.3) is 5.56 Å². The minimum absolute atomic E-state index is 0.00888. The van der Waals surface area contributed by atoms with Gasteiger partial charge in [-0.2, -0.15) is 4.98 Å². The molecule has 3 heterocycles. The van der Waals surface area contributed by atoms with Crippen molar-refractivity contribution in [1.82, 2.24) is 23.7 Å². The molecule has 9 nitrogen and oxygen atoms in total. The van der Waals surface area contributed by atoms with E-state index in [-0.39, 0.29) is 34.5 Å². The average molecular weight is 389 g/mol. The number of hydrogen-bond donors (Lipinski definition) is 0. The Morgan fingerprint density at radius 1 is 1.15 bits per heavy atom. The Morgan fingerprint density at radius 2 is 1.89 bits per heavy atom. The molecule has 0 amide bonds. The van der Waals surface area contributed by atoms with Gasteiger partial charge in [0, 0.05) is 20.3 Å². The maximum Gasteiger partial charge on any atom is 0.332 e. The van der Waals surface area contributed by atoms with E-state index in [0.717, 1.165) is 17.4 Å². The second kappa shape index (κ2) is 6.15. The Hall–Kier alpha value is -2.75. The summed E-state index contributed by atoms with van der Waals surface area (Å²) in [5.41, 5.74) is -0.391. The Bertz CT molecular complexity index is 1250. The van der Waals surface area contributed by atoms with Crippen molar-refractivity contribution in [1.29, 1.82) is 0 Å². The molecule has 0 bridgehead atoms. The van der Waals surface area contributed by atoms with Crippen LogP contribution in [-0.2, 0) is 30.5 Å². The number of fused-ring (bicyclic) bond motifs is 1. The predicted octanol–water partition coefficient (Wildman–Crippen LogP) is 0.0607. The summed E-state index contributed by atoms with van der Waals surface area (Å²) in [5.74, 6) is 0.156. The summed E-state index contributed by atoms with van der Waals surface area (Å²) < 4.78 is 29.0. The predicted molar refractivity (Wildman–Crippen MR) is 98.3 cm³/mol. The van der Waals surface area contributed by atoms with Crippen molar-refractivity contribution in [3.05, 3.63) is 50.9 Å². The molecular weight excluding hydrogens is 370 g/mol. The molecule has 4 rings (SSSR count). The standard InChI is InChI=1S/C17H19N5O4S/c1-20-13-14(19-16(20)27(25,26)10-11-6-7-11)22(17(24)21(2)15(13)23)9-12-5-3-4-8-18-12/h3-5,8,11H,6-7,9-10H2,1-2H3. The third-order valence-electron chi connectivity index (χ3n) is 4.79. The fourth-order valence-corrected chi connectivity index (χ4v) is 4.99. The number of nitrogens with zero attached hydrogens (tertiary/aromatic N) is 5. The number of aromatic nitrogens is 5. The van der Waals surface area contributed by atoms with Crippen LogP contribution >= 0.6 is 0 Å². The molecule has 0 saturated heterocycles. The van der Waals surface area contributed by atoms with Crippen LogP contribution < -0.4 is 11.2 Å². The van der Waals surface area contributed by atoms with Crippen LogP contribution in [0.3, 0.4) is 0 Å². The molecule has 27 heavy (non-hydrogen) atoms. The highest BCUT2D eigenvalue weighted by Gasteiger charge is 2.33. The smallest absolute Gasteiger partial charge is 0.312 e. The van der Waals surface area contributed by atoms with Crippen LogP contribution in [-0.4, -0.2) is 37.8 Å². The van der Waals surface area contributed by atoms with Gasteiger partial charge in [0.05, 0.1) is 18.0 Å². The zero-order valence-electron chi connectivity index (χ0n) is 15.0. The lowest BCUT2D eigenvalue weighted by atomic mass is 10.3.